The highest BCUT2D eigenvalue weighted by Crippen LogP contribution is 2.40. The maximum Gasteiger partial charge on any atom is 0.0448 e. The molecule has 2 unspecified atom stereocenters. The van der Waals surface area contributed by atoms with Crippen LogP contribution in [0.3, 0.4) is 0 Å². The summed E-state index contributed by atoms with van der Waals surface area (Å²) in [6.07, 6.45) is 6.97. The third-order valence-electron chi connectivity index (χ3n) is 3.74. The minimum absolute atomic E-state index is 0.221. The van der Waals surface area contributed by atoms with Crippen molar-refractivity contribution in [1.82, 2.24) is 0 Å². The third kappa shape index (κ3) is 3.76. The molecule has 0 bridgehead atoms. The Morgan fingerprint density at radius 3 is 2.56 bits per heavy atom. The molecule has 100 valence electrons. The van der Waals surface area contributed by atoms with Gasteiger partial charge in [-0.2, -0.15) is 0 Å². The average molecular weight is 263 g/mol. The lowest BCUT2D eigenvalue weighted by Crippen LogP contribution is -2.25. The molecule has 0 saturated heterocycles. The monoisotopic (exact) mass is 263 g/mol. The van der Waals surface area contributed by atoms with Crippen molar-refractivity contribution < 1.29 is 0 Å². The fraction of sp³-hybridized carbons (Fsp3) is 0.625. The Hall–Kier alpha value is -0.470. The first kappa shape index (κ1) is 14.0. The van der Waals surface area contributed by atoms with Gasteiger partial charge in [0.05, 0.1) is 0 Å². The highest BCUT2D eigenvalue weighted by molar-refractivity contribution is 8.00. The van der Waals surface area contributed by atoms with E-state index in [4.69, 9.17) is 5.73 Å². The number of thioether (sulfide) groups is 1. The van der Waals surface area contributed by atoms with Gasteiger partial charge in [-0.25, -0.2) is 0 Å². The van der Waals surface area contributed by atoms with Gasteiger partial charge in [-0.05, 0) is 32.3 Å². The second-order valence-electron chi connectivity index (χ2n) is 5.59. The van der Waals surface area contributed by atoms with E-state index in [1.54, 1.807) is 0 Å². The molecule has 2 heteroatoms. The normalized spacial score (nSPS) is 20.6. The van der Waals surface area contributed by atoms with Crippen molar-refractivity contribution in [2.75, 3.05) is 0 Å². The molecule has 18 heavy (non-hydrogen) atoms. The van der Waals surface area contributed by atoms with Crippen molar-refractivity contribution in [2.45, 2.75) is 62.5 Å². The molecule has 0 heterocycles. The summed E-state index contributed by atoms with van der Waals surface area (Å²) in [5, 5.41) is 1.27. The van der Waals surface area contributed by atoms with E-state index in [9.17, 15) is 0 Å². The van der Waals surface area contributed by atoms with E-state index in [0.29, 0.717) is 5.25 Å². The molecule has 0 radical (unpaired) electrons. The van der Waals surface area contributed by atoms with E-state index in [-0.39, 0.29) is 6.04 Å². The Labute approximate surface area is 116 Å². The van der Waals surface area contributed by atoms with Gasteiger partial charge in [0.2, 0.25) is 0 Å². The van der Waals surface area contributed by atoms with Gasteiger partial charge in [0.25, 0.3) is 0 Å². The predicted octanol–water partition coefficient (Wildman–Crippen LogP) is 4.45. The Bertz CT molecular complexity index is 369. The van der Waals surface area contributed by atoms with Gasteiger partial charge >= 0.3 is 0 Å². The molecule has 0 aromatic heterocycles. The lowest BCUT2D eigenvalue weighted by atomic mass is 10.0. The van der Waals surface area contributed by atoms with Crippen molar-refractivity contribution in [1.29, 1.82) is 0 Å². The van der Waals surface area contributed by atoms with E-state index < -0.39 is 0 Å². The molecule has 1 aliphatic rings. The third-order valence-corrected chi connectivity index (χ3v) is 5.59. The van der Waals surface area contributed by atoms with Gasteiger partial charge in [0.1, 0.15) is 0 Å². The summed E-state index contributed by atoms with van der Waals surface area (Å²) >= 11 is 2.11. The molecule has 0 amide bonds. The van der Waals surface area contributed by atoms with E-state index in [1.165, 1.54) is 43.2 Å². The second kappa shape index (κ2) is 6.63. The first-order valence-electron chi connectivity index (χ1n) is 7.14. The summed E-state index contributed by atoms with van der Waals surface area (Å²) in [5.74, 6) is 0. The molecule has 1 aromatic carbocycles. The summed E-state index contributed by atoms with van der Waals surface area (Å²) in [6.45, 7) is 4.30. The first-order valence-corrected chi connectivity index (χ1v) is 8.08. The summed E-state index contributed by atoms with van der Waals surface area (Å²) in [7, 11) is 0. The summed E-state index contributed by atoms with van der Waals surface area (Å²) < 4.78 is 0. The number of nitrogens with two attached hydrogens (primary N) is 1. The van der Waals surface area contributed by atoms with Gasteiger partial charge in [-0.3, -0.25) is 0 Å². The fourth-order valence-electron chi connectivity index (χ4n) is 2.76. The zero-order valence-electron chi connectivity index (χ0n) is 11.6. The molecule has 1 aliphatic carbocycles. The zero-order valence-corrected chi connectivity index (χ0v) is 12.4. The minimum atomic E-state index is 0.221. The van der Waals surface area contributed by atoms with Crippen molar-refractivity contribution in [3.05, 3.63) is 35.4 Å². The van der Waals surface area contributed by atoms with Crippen LogP contribution in [0.1, 0.15) is 55.4 Å². The first-order chi connectivity index (χ1) is 8.66. The molecular weight excluding hydrogens is 238 g/mol. The molecule has 0 aliphatic heterocycles. The van der Waals surface area contributed by atoms with Crippen LogP contribution < -0.4 is 5.73 Å². The number of hydrogen-bond donors (Lipinski definition) is 1. The SMILES string of the molecule is Cc1cccc(C(SC2CCCCC2)C(C)N)c1. The van der Waals surface area contributed by atoms with Crippen LogP contribution in [0.25, 0.3) is 0 Å². The maximum atomic E-state index is 6.22. The van der Waals surface area contributed by atoms with Crippen LogP contribution in [0.15, 0.2) is 24.3 Å². The Morgan fingerprint density at radius 2 is 1.94 bits per heavy atom. The largest absolute Gasteiger partial charge is 0.327 e. The van der Waals surface area contributed by atoms with E-state index in [0.717, 1.165) is 5.25 Å². The molecule has 2 N–H and O–H groups in total. The Balaban J connectivity index is 2.07. The Kier molecular flexibility index (Phi) is 5.13. The van der Waals surface area contributed by atoms with Gasteiger partial charge < -0.3 is 5.73 Å². The van der Waals surface area contributed by atoms with Gasteiger partial charge in [0.15, 0.2) is 0 Å². The van der Waals surface area contributed by atoms with E-state index in [1.807, 2.05) is 0 Å². The predicted molar refractivity (Wildman–Crippen MR) is 82.0 cm³/mol. The molecule has 0 spiro atoms. The summed E-state index contributed by atoms with van der Waals surface area (Å²) in [5.41, 5.74) is 8.95. The number of hydrogen-bond acceptors (Lipinski definition) is 2. The van der Waals surface area contributed by atoms with Crippen molar-refractivity contribution in [3.63, 3.8) is 0 Å². The Morgan fingerprint density at radius 1 is 1.22 bits per heavy atom. The lowest BCUT2D eigenvalue weighted by Gasteiger charge is -2.28. The maximum absolute atomic E-state index is 6.22. The molecule has 2 atom stereocenters. The van der Waals surface area contributed by atoms with Crippen molar-refractivity contribution >= 4 is 11.8 Å². The van der Waals surface area contributed by atoms with Crippen LogP contribution in [0.5, 0.6) is 0 Å². The van der Waals surface area contributed by atoms with Crippen LogP contribution in [0.2, 0.25) is 0 Å². The number of rotatable bonds is 4. The highest BCUT2D eigenvalue weighted by Gasteiger charge is 2.23. The smallest absolute Gasteiger partial charge is 0.0448 e. The van der Waals surface area contributed by atoms with Crippen molar-refractivity contribution in [2.24, 2.45) is 5.73 Å². The van der Waals surface area contributed by atoms with Crippen molar-refractivity contribution in [3.8, 4) is 0 Å². The average Bonchev–Trinajstić information content (AvgIpc) is 2.37. The van der Waals surface area contributed by atoms with Gasteiger partial charge in [-0.1, -0.05) is 49.1 Å². The van der Waals surface area contributed by atoms with Gasteiger partial charge in [-0.15, -0.1) is 11.8 Å². The standard InChI is InChI=1S/C16H25NS/c1-12-7-6-8-14(11-12)16(13(2)17)18-15-9-4-3-5-10-15/h6-8,11,13,15-16H,3-5,9-10,17H2,1-2H3. The van der Waals surface area contributed by atoms with E-state index >= 15 is 0 Å². The lowest BCUT2D eigenvalue weighted by molar-refractivity contribution is 0.513. The summed E-state index contributed by atoms with van der Waals surface area (Å²) in [6, 6.07) is 9.06. The topological polar surface area (TPSA) is 26.0 Å². The van der Waals surface area contributed by atoms with Crippen LogP contribution >= 0.6 is 11.8 Å². The number of benzene rings is 1. The highest BCUT2D eigenvalue weighted by atomic mass is 32.2. The summed E-state index contributed by atoms with van der Waals surface area (Å²) in [4.78, 5) is 0. The number of aryl methyl sites for hydroxylation is 1. The van der Waals surface area contributed by atoms with Crippen LogP contribution in [0, 0.1) is 6.92 Å². The zero-order chi connectivity index (χ0) is 13.0. The molecule has 1 fully saturated rings. The van der Waals surface area contributed by atoms with Crippen LogP contribution in [0.4, 0.5) is 0 Å². The fourth-order valence-corrected chi connectivity index (χ4v) is 4.33. The minimum Gasteiger partial charge on any atom is -0.327 e. The van der Waals surface area contributed by atoms with Gasteiger partial charge in [0, 0.05) is 16.5 Å². The quantitative estimate of drug-likeness (QED) is 0.868. The molecule has 1 nitrogen and oxygen atoms in total. The second-order valence-corrected chi connectivity index (χ2v) is 7.04. The molecule has 2 rings (SSSR count). The molecule has 1 saturated carbocycles. The van der Waals surface area contributed by atoms with Crippen LogP contribution in [-0.2, 0) is 0 Å². The molecular formula is C16H25NS. The molecule has 1 aromatic rings. The van der Waals surface area contributed by atoms with E-state index in [2.05, 4.69) is 49.9 Å². The van der Waals surface area contributed by atoms with Crippen LogP contribution in [-0.4, -0.2) is 11.3 Å².